The van der Waals surface area contributed by atoms with Crippen LogP contribution < -0.4 is 14.9 Å². The van der Waals surface area contributed by atoms with E-state index in [2.05, 4.69) is 0 Å². The first-order valence-corrected chi connectivity index (χ1v) is 9.66. The third kappa shape index (κ3) is 3.84. The maximum atomic E-state index is 11.8. The molecule has 0 amide bonds. The number of nitro groups is 1. The summed E-state index contributed by atoms with van der Waals surface area (Å²) in [7, 11) is -3.86. The van der Waals surface area contributed by atoms with Crippen molar-refractivity contribution in [3.05, 3.63) is 58.1 Å². The number of rotatable bonds is 4. The largest absolute Gasteiger partial charge is 0.367 e. The Kier molecular flexibility index (Phi) is 4.98. The molecular formula is C17H17N5O4S. The Morgan fingerprint density at radius 1 is 1.04 bits per heavy atom. The van der Waals surface area contributed by atoms with Gasteiger partial charge in [-0.3, -0.25) is 10.1 Å². The van der Waals surface area contributed by atoms with Gasteiger partial charge in [0.25, 0.3) is 5.69 Å². The van der Waals surface area contributed by atoms with Gasteiger partial charge >= 0.3 is 0 Å². The molecule has 0 radical (unpaired) electrons. The second-order valence-corrected chi connectivity index (χ2v) is 7.59. The van der Waals surface area contributed by atoms with Crippen molar-refractivity contribution in [1.82, 2.24) is 0 Å². The summed E-state index contributed by atoms with van der Waals surface area (Å²) in [4.78, 5) is 14.6. The van der Waals surface area contributed by atoms with Gasteiger partial charge < -0.3 is 9.80 Å². The molecule has 0 aliphatic carbocycles. The number of anilines is 2. The molecule has 1 aliphatic heterocycles. The maximum absolute atomic E-state index is 11.8. The van der Waals surface area contributed by atoms with E-state index in [9.17, 15) is 18.5 Å². The van der Waals surface area contributed by atoms with Crippen LogP contribution in [0.25, 0.3) is 0 Å². The molecule has 1 heterocycles. The minimum Gasteiger partial charge on any atom is -0.367 e. The fourth-order valence-electron chi connectivity index (χ4n) is 3.15. The summed E-state index contributed by atoms with van der Waals surface area (Å²) >= 11 is 0. The van der Waals surface area contributed by atoms with Gasteiger partial charge in [-0.1, -0.05) is 12.1 Å². The summed E-state index contributed by atoms with van der Waals surface area (Å²) < 4.78 is 23.6. The molecule has 1 aliphatic rings. The quantitative estimate of drug-likeness (QED) is 0.620. The van der Waals surface area contributed by atoms with Gasteiger partial charge in [-0.15, -0.1) is 0 Å². The molecule has 10 heteroatoms. The van der Waals surface area contributed by atoms with Gasteiger partial charge in [-0.05, 0) is 24.3 Å². The van der Waals surface area contributed by atoms with E-state index >= 15 is 0 Å². The minimum atomic E-state index is -3.86. The van der Waals surface area contributed by atoms with Crippen LogP contribution in [0.5, 0.6) is 0 Å². The molecule has 0 saturated carbocycles. The van der Waals surface area contributed by atoms with E-state index in [0.717, 1.165) is 0 Å². The molecule has 9 nitrogen and oxygen atoms in total. The van der Waals surface area contributed by atoms with Gasteiger partial charge in [-0.25, -0.2) is 13.6 Å². The maximum Gasteiger partial charge on any atom is 0.292 e. The van der Waals surface area contributed by atoms with E-state index in [4.69, 9.17) is 10.4 Å². The summed E-state index contributed by atoms with van der Waals surface area (Å²) in [5.74, 6) is 0. The van der Waals surface area contributed by atoms with Crippen molar-refractivity contribution in [1.29, 1.82) is 5.26 Å². The average Bonchev–Trinajstić information content (AvgIpc) is 2.67. The number of hydrogen-bond donors (Lipinski definition) is 1. The number of sulfonamides is 1. The minimum absolute atomic E-state index is 0.0518. The van der Waals surface area contributed by atoms with E-state index in [1.54, 1.807) is 18.2 Å². The van der Waals surface area contributed by atoms with Gasteiger partial charge in [0.15, 0.2) is 0 Å². The van der Waals surface area contributed by atoms with Gasteiger partial charge in [0, 0.05) is 32.2 Å². The first-order valence-electron chi connectivity index (χ1n) is 8.11. The summed E-state index contributed by atoms with van der Waals surface area (Å²) in [6.45, 7) is 1.80. The number of hydrogen-bond acceptors (Lipinski definition) is 7. The Bertz CT molecular complexity index is 1020. The fourth-order valence-corrected chi connectivity index (χ4v) is 3.90. The molecule has 1 fully saturated rings. The van der Waals surface area contributed by atoms with Crippen LogP contribution in [-0.2, 0) is 10.0 Å². The standard InChI is InChI=1S/C17H17N5O4S/c18-12-13-5-6-14(22(23)24)16(11-13)21-9-7-20(8-10-21)15-3-1-2-4-17(15)27(19,25)26/h1-6,11H,7-10H2,(H2,19,25,26). The number of nitrogens with two attached hydrogens (primary N) is 1. The topological polar surface area (TPSA) is 134 Å². The van der Waals surface area contributed by atoms with E-state index in [0.29, 0.717) is 43.1 Å². The van der Waals surface area contributed by atoms with Gasteiger partial charge in [0.1, 0.15) is 10.6 Å². The Hall–Kier alpha value is -3.16. The number of para-hydroxylation sites is 1. The summed E-state index contributed by atoms with van der Waals surface area (Å²) in [5.41, 5.74) is 1.18. The number of primary sulfonamides is 1. The van der Waals surface area contributed by atoms with Crippen molar-refractivity contribution < 1.29 is 13.3 Å². The highest BCUT2D eigenvalue weighted by atomic mass is 32.2. The lowest BCUT2D eigenvalue weighted by molar-refractivity contribution is -0.384. The van der Waals surface area contributed by atoms with Crippen LogP contribution in [0, 0.1) is 21.4 Å². The first-order chi connectivity index (χ1) is 12.8. The Morgan fingerprint density at radius 2 is 1.63 bits per heavy atom. The van der Waals surface area contributed by atoms with E-state index < -0.39 is 14.9 Å². The zero-order chi connectivity index (χ0) is 19.6. The van der Waals surface area contributed by atoms with Crippen LogP contribution in [0.15, 0.2) is 47.4 Å². The fraction of sp³-hybridized carbons (Fsp3) is 0.235. The predicted octanol–water partition coefficient (Wildman–Crippen LogP) is 1.44. The molecule has 2 aromatic carbocycles. The zero-order valence-electron chi connectivity index (χ0n) is 14.3. The molecule has 0 aromatic heterocycles. The second-order valence-electron chi connectivity index (χ2n) is 6.06. The third-order valence-electron chi connectivity index (χ3n) is 4.43. The summed E-state index contributed by atoms with van der Waals surface area (Å²) in [5, 5.41) is 25.7. The Morgan fingerprint density at radius 3 is 2.19 bits per heavy atom. The molecule has 2 aromatic rings. The smallest absolute Gasteiger partial charge is 0.292 e. The van der Waals surface area contributed by atoms with Crippen molar-refractivity contribution in [2.75, 3.05) is 36.0 Å². The highest BCUT2D eigenvalue weighted by Crippen LogP contribution is 2.31. The van der Waals surface area contributed by atoms with Crippen molar-refractivity contribution in [3.8, 4) is 6.07 Å². The molecule has 140 valence electrons. The van der Waals surface area contributed by atoms with Gasteiger partial charge in [-0.2, -0.15) is 5.26 Å². The van der Waals surface area contributed by atoms with Gasteiger partial charge in [0.05, 0.1) is 22.2 Å². The number of nitro benzene ring substituents is 1. The highest BCUT2D eigenvalue weighted by molar-refractivity contribution is 7.89. The van der Waals surface area contributed by atoms with Crippen LogP contribution in [-0.4, -0.2) is 39.5 Å². The average molecular weight is 387 g/mol. The lowest BCUT2D eigenvalue weighted by Crippen LogP contribution is -2.47. The van der Waals surface area contributed by atoms with Crippen molar-refractivity contribution in [2.45, 2.75) is 4.90 Å². The normalized spacial score (nSPS) is 14.7. The molecule has 0 spiro atoms. The van der Waals surface area contributed by atoms with Crippen LogP contribution in [0.1, 0.15) is 5.56 Å². The van der Waals surface area contributed by atoms with Crippen LogP contribution in [0.4, 0.5) is 17.1 Å². The van der Waals surface area contributed by atoms with Crippen molar-refractivity contribution >= 4 is 27.1 Å². The Balaban J connectivity index is 1.86. The highest BCUT2D eigenvalue weighted by Gasteiger charge is 2.26. The molecule has 27 heavy (non-hydrogen) atoms. The monoisotopic (exact) mass is 387 g/mol. The van der Waals surface area contributed by atoms with Crippen LogP contribution in [0.2, 0.25) is 0 Å². The van der Waals surface area contributed by atoms with E-state index in [1.807, 2.05) is 15.9 Å². The van der Waals surface area contributed by atoms with Crippen LogP contribution >= 0.6 is 0 Å². The SMILES string of the molecule is N#Cc1ccc([N+](=O)[O-])c(N2CCN(c3ccccc3S(N)(=O)=O)CC2)c1. The first kappa shape index (κ1) is 18.6. The molecule has 3 rings (SSSR count). The number of nitrogens with zero attached hydrogens (tertiary/aromatic N) is 4. The molecule has 0 bridgehead atoms. The van der Waals surface area contributed by atoms with E-state index in [1.165, 1.54) is 24.3 Å². The summed E-state index contributed by atoms with van der Waals surface area (Å²) in [6, 6.07) is 12.7. The molecule has 2 N–H and O–H groups in total. The number of piperazine rings is 1. The second kappa shape index (κ2) is 7.22. The summed E-state index contributed by atoms with van der Waals surface area (Å²) in [6.07, 6.45) is 0. The zero-order valence-corrected chi connectivity index (χ0v) is 15.1. The van der Waals surface area contributed by atoms with E-state index in [-0.39, 0.29) is 10.6 Å². The molecule has 1 saturated heterocycles. The Labute approximate surface area is 156 Å². The lowest BCUT2D eigenvalue weighted by atomic mass is 10.1. The van der Waals surface area contributed by atoms with Crippen LogP contribution in [0.3, 0.4) is 0 Å². The molecular weight excluding hydrogens is 370 g/mol. The number of nitriles is 1. The van der Waals surface area contributed by atoms with Crippen molar-refractivity contribution in [3.63, 3.8) is 0 Å². The molecule has 0 atom stereocenters. The lowest BCUT2D eigenvalue weighted by Gasteiger charge is -2.37. The van der Waals surface area contributed by atoms with Gasteiger partial charge in [0.2, 0.25) is 10.0 Å². The predicted molar refractivity (Wildman–Crippen MR) is 100 cm³/mol. The number of benzene rings is 2. The third-order valence-corrected chi connectivity index (χ3v) is 5.39. The molecule has 0 unspecified atom stereocenters. The van der Waals surface area contributed by atoms with Crippen molar-refractivity contribution in [2.24, 2.45) is 5.14 Å².